The van der Waals surface area contributed by atoms with Gasteiger partial charge in [-0.2, -0.15) is 0 Å². The lowest BCUT2D eigenvalue weighted by molar-refractivity contribution is 0.600. The lowest BCUT2D eigenvalue weighted by Gasteiger charge is -2.06. The highest BCUT2D eigenvalue weighted by atomic mass is 32.2. The lowest BCUT2D eigenvalue weighted by Crippen LogP contribution is -1.97. The average Bonchev–Trinajstić information content (AvgIpc) is 2.30. The molecule has 2 rings (SSSR count). The van der Waals surface area contributed by atoms with Gasteiger partial charge in [0.25, 0.3) is 0 Å². The van der Waals surface area contributed by atoms with Gasteiger partial charge in [0.05, 0.1) is 0 Å². The van der Waals surface area contributed by atoms with Gasteiger partial charge >= 0.3 is 0 Å². The fraction of sp³-hybridized carbons (Fsp3) is 0.0769. The molecule has 0 heterocycles. The molecule has 2 aromatic carbocycles. The van der Waals surface area contributed by atoms with Crippen molar-refractivity contribution in [3.05, 3.63) is 54.6 Å². The third-order valence-electron chi connectivity index (χ3n) is 2.19. The van der Waals surface area contributed by atoms with E-state index in [1.165, 1.54) is 0 Å². The molecule has 0 saturated heterocycles. The zero-order valence-corrected chi connectivity index (χ0v) is 9.25. The molecule has 0 aliphatic carbocycles. The Balaban J connectivity index is 2.42. The van der Waals surface area contributed by atoms with E-state index in [2.05, 4.69) is 6.07 Å². The van der Waals surface area contributed by atoms with E-state index in [0.717, 1.165) is 16.0 Å². The van der Waals surface area contributed by atoms with E-state index in [4.69, 9.17) is 0 Å². The molecular formula is C13H11OS. The predicted octanol–water partition coefficient (Wildman–Crippen LogP) is 2.89. The minimum atomic E-state index is -0.969. The molecule has 0 N–H and O–H groups in total. The van der Waals surface area contributed by atoms with E-state index in [-0.39, 0.29) is 0 Å². The summed E-state index contributed by atoms with van der Waals surface area (Å²) in [5.41, 5.74) is 2.22. The van der Waals surface area contributed by atoms with Crippen LogP contribution >= 0.6 is 0 Å². The maximum absolute atomic E-state index is 11.3. The van der Waals surface area contributed by atoms with Crippen molar-refractivity contribution >= 4 is 11.2 Å². The summed E-state index contributed by atoms with van der Waals surface area (Å²) in [6, 6.07) is 18.7. The molecule has 0 bridgehead atoms. The lowest BCUT2D eigenvalue weighted by atomic mass is 10.1. The van der Waals surface area contributed by atoms with Crippen LogP contribution in [0.15, 0.2) is 53.4 Å². The van der Waals surface area contributed by atoms with Crippen molar-refractivity contribution in [2.75, 3.05) is 6.26 Å². The minimum absolute atomic E-state index is 0.747. The number of benzene rings is 2. The quantitative estimate of drug-likeness (QED) is 0.706. The first-order valence-corrected chi connectivity index (χ1v) is 6.24. The zero-order chi connectivity index (χ0) is 10.7. The van der Waals surface area contributed by atoms with Gasteiger partial charge in [0.15, 0.2) is 4.90 Å². The second-order valence-electron chi connectivity index (χ2n) is 3.26. The van der Waals surface area contributed by atoms with E-state index in [1.54, 1.807) is 6.26 Å². The van der Waals surface area contributed by atoms with Crippen LogP contribution in [0.25, 0.3) is 11.1 Å². The van der Waals surface area contributed by atoms with Gasteiger partial charge in [-0.15, -0.1) is 0 Å². The topological polar surface area (TPSA) is 23.1 Å². The largest absolute Gasteiger partial charge is 0.612 e. The smallest absolute Gasteiger partial charge is 0.161 e. The summed E-state index contributed by atoms with van der Waals surface area (Å²) in [5.74, 6) is 0. The van der Waals surface area contributed by atoms with Crippen LogP contribution in [0.3, 0.4) is 0 Å². The maximum Gasteiger partial charge on any atom is 0.161 e. The minimum Gasteiger partial charge on any atom is -0.612 e. The highest BCUT2D eigenvalue weighted by Gasteiger charge is 2.05. The van der Waals surface area contributed by atoms with Crippen molar-refractivity contribution in [1.82, 2.24) is 0 Å². The number of hydrogen-bond donors (Lipinski definition) is 0. The van der Waals surface area contributed by atoms with Gasteiger partial charge in [0.2, 0.25) is 0 Å². The molecule has 1 radical (unpaired) electrons. The van der Waals surface area contributed by atoms with Gasteiger partial charge in [0, 0.05) is 12.1 Å². The predicted molar refractivity (Wildman–Crippen MR) is 63.0 cm³/mol. The second-order valence-corrected chi connectivity index (χ2v) is 4.61. The normalized spacial score (nSPS) is 12.4. The van der Waals surface area contributed by atoms with Crippen molar-refractivity contribution in [1.29, 1.82) is 0 Å². The van der Waals surface area contributed by atoms with Gasteiger partial charge < -0.3 is 4.55 Å². The fourth-order valence-electron chi connectivity index (χ4n) is 1.42. The summed E-state index contributed by atoms with van der Waals surface area (Å²) >= 11 is -0.969. The Kier molecular flexibility index (Phi) is 3.09. The number of rotatable bonds is 2. The molecule has 15 heavy (non-hydrogen) atoms. The summed E-state index contributed by atoms with van der Waals surface area (Å²) in [5, 5.41) is 0. The Morgan fingerprint density at radius 3 is 2.47 bits per heavy atom. The van der Waals surface area contributed by atoms with Crippen molar-refractivity contribution in [2.24, 2.45) is 0 Å². The molecule has 2 heteroatoms. The first kappa shape index (κ1) is 10.3. The molecule has 75 valence electrons. The zero-order valence-electron chi connectivity index (χ0n) is 8.44. The SMILES string of the molecule is C[S+]([O-])c1[c]ccc(-c2ccccc2)c1. The molecule has 1 atom stereocenters. The molecule has 0 aliphatic rings. The molecule has 0 spiro atoms. The van der Waals surface area contributed by atoms with Crippen molar-refractivity contribution in [3.63, 3.8) is 0 Å². The first-order valence-electron chi connectivity index (χ1n) is 4.68. The van der Waals surface area contributed by atoms with Crippen LogP contribution in [0.1, 0.15) is 0 Å². The Morgan fingerprint density at radius 2 is 1.80 bits per heavy atom. The van der Waals surface area contributed by atoms with E-state index in [0.29, 0.717) is 0 Å². The van der Waals surface area contributed by atoms with Crippen molar-refractivity contribution in [2.45, 2.75) is 4.90 Å². The standard InChI is InChI=1S/C13H11OS/c1-15(14)13-9-5-8-12(10-13)11-6-3-2-4-7-11/h2-8,10H,1H3. The van der Waals surface area contributed by atoms with Gasteiger partial charge in [-0.1, -0.05) is 36.4 Å². The third kappa shape index (κ3) is 2.41. The molecule has 1 nitrogen and oxygen atoms in total. The summed E-state index contributed by atoms with van der Waals surface area (Å²) < 4.78 is 11.3. The summed E-state index contributed by atoms with van der Waals surface area (Å²) in [4.78, 5) is 0.747. The molecule has 1 unspecified atom stereocenters. The van der Waals surface area contributed by atoms with Crippen LogP contribution in [-0.4, -0.2) is 10.8 Å². The monoisotopic (exact) mass is 215 g/mol. The highest BCUT2D eigenvalue weighted by Crippen LogP contribution is 2.21. The fourth-order valence-corrected chi connectivity index (χ4v) is 1.95. The number of hydrogen-bond acceptors (Lipinski definition) is 1. The molecule has 0 saturated carbocycles. The van der Waals surface area contributed by atoms with Crippen LogP contribution in [-0.2, 0) is 11.2 Å². The highest BCUT2D eigenvalue weighted by molar-refractivity contribution is 7.90. The van der Waals surface area contributed by atoms with Gasteiger partial charge in [-0.3, -0.25) is 0 Å². The Bertz CT molecular complexity index is 437. The van der Waals surface area contributed by atoms with Crippen LogP contribution < -0.4 is 0 Å². The van der Waals surface area contributed by atoms with E-state index < -0.39 is 11.2 Å². The van der Waals surface area contributed by atoms with Crippen LogP contribution in [0.4, 0.5) is 0 Å². The van der Waals surface area contributed by atoms with E-state index in [9.17, 15) is 4.55 Å². The molecule has 0 fully saturated rings. The van der Waals surface area contributed by atoms with Crippen molar-refractivity contribution in [3.8, 4) is 11.1 Å². The third-order valence-corrected chi connectivity index (χ3v) is 3.05. The molecule has 0 aromatic heterocycles. The molecular weight excluding hydrogens is 204 g/mol. The summed E-state index contributed by atoms with van der Waals surface area (Å²) in [7, 11) is 0. The van der Waals surface area contributed by atoms with Crippen LogP contribution in [0.5, 0.6) is 0 Å². The summed E-state index contributed by atoms with van der Waals surface area (Å²) in [6.07, 6.45) is 1.67. The van der Waals surface area contributed by atoms with E-state index >= 15 is 0 Å². The molecule has 0 amide bonds. The van der Waals surface area contributed by atoms with Crippen molar-refractivity contribution < 1.29 is 4.55 Å². The molecule has 0 aliphatic heterocycles. The van der Waals surface area contributed by atoms with Crippen LogP contribution in [0, 0.1) is 6.07 Å². The summed E-state index contributed by atoms with van der Waals surface area (Å²) in [6.45, 7) is 0. The van der Waals surface area contributed by atoms with E-state index in [1.807, 2.05) is 48.5 Å². The van der Waals surface area contributed by atoms with Gasteiger partial charge in [0.1, 0.15) is 6.26 Å². The maximum atomic E-state index is 11.3. The first-order chi connectivity index (χ1) is 7.27. The molecule has 2 aromatic rings. The average molecular weight is 215 g/mol. The Morgan fingerprint density at radius 1 is 1.07 bits per heavy atom. The van der Waals surface area contributed by atoms with Crippen LogP contribution in [0.2, 0.25) is 0 Å². The van der Waals surface area contributed by atoms with Gasteiger partial charge in [-0.25, -0.2) is 0 Å². The second kappa shape index (κ2) is 4.51. The Labute approximate surface area is 92.9 Å². The van der Waals surface area contributed by atoms with Gasteiger partial charge in [-0.05, 0) is 28.4 Å². The Hall–Kier alpha value is -1.25.